The lowest BCUT2D eigenvalue weighted by molar-refractivity contribution is 0.0668. The van der Waals surface area contributed by atoms with Gasteiger partial charge in [0.15, 0.2) is 5.69 Å². The van der Waals surface area contributed by atoms with E-state index in [4.69, 9.17) is 4.42 Å². The van der Waals surface area contributed by atoms with Crippen LogP contribution in [-0.2, 0) is 13.5 Å². The smallest absolute Gasteiger partial charge is 0.275 e. The number of halogens is 1. The van der Waals surface area contributed by atoms with Gasteiger partial charge in [-0.1, -0.05) is 34.1 Å². The van der Waals surface area contributed by atoms with Gasteiger partial charge in [-0.15, -0.1) is 0 Å². The third-order valence-corrected chi connectivity index (χ3v) is 6.41. The van der Waals surface area contributed by atoms with Crippen LogP contribution in [-0.4, -0.2) is 37.1 Å². The standard InChI is InChI=1S/C23H18BrN5O2/c1-28-17-11-14(24)6-7-15(17)20(27-28)23(30)29-9-8-16-21(26-12-25-16)22(29)19-10-13-4-2-3-5-18(13)31-19/h2-7,10-12,22H,8-9H2,1H3,(H,25,26)/t22-/m1/s1. The van der Waals surface area contributed by atoms with Crippen LogP contribution < -0.4 is 0 Å². The molecule has 6 rings (SSSR count). The Labute approximate surface area is 185 Å². The van der Waals surface area contributed by atoms with Crippen LogP contribution in [0.5, 0.6) is 0 Å². The highest BCUT2D eigenvalue weighted by Gasteiger charge is 2.38. The van der Waals surface area contributed by atoms with E-state index in [1.807, 2.05) is 60.5 Å². The molecule has 1 aliphatic rings. The summed E-state index contributed by atoms with van der Waals surface area (Å²) in [5.74, 6) is 0.567. The molecule has 0 radical (unpaired) electrons. The topological polar surface area (TPSA) is 80.0 Å². The van der Waals surface area contributed by atoms with Gasteiger partial charge in [-0.25, -0.2) is 4.98 Å². The zero-order valence-corrected chi connectivity index (χ0v) is 18.3. The van der Waals surface area contributed by atoms with Crippen LogP contribution in [0.1, 0.15) is 33.7 Å². The van der Waals surface area contributed by atoms with Crippen molar-refractivity contribution in [3.8, 4) is 0 Å². The SMILES string of the molecule is Cn1nc(C(=O)N2CCc3[nH]cnc3[C@H]2c2cc3ccccc3o2)c2ccc(Br)cc21. The lowest BCUT2D eigenvalue weighted by atomic mass is 9.99. The molecule has 0 fully saturated rings. The molecule has 3 aromatic heterocycles. The molecule has 2 aromatic carbocycles. The number of aromatic amines is 1. The number of hydrogen-bond acceptors (Lipinski definition) is 4. The van der Waals surface area contributed by atoms with Gasteiger partial charge in [0.2, 0.25) is 0 Å². The second kappa shape index (κ2) is 6.81. The fourth-order valence-corrected chi connectivity index (χ4v) is 4.79. The Morgan fingerprint density at radius 1 is 1.23 bits per heavy atom. The predicted octanol–water partition coefficient (Wildman–Crippen LogP) is 4.59. The summed E-state index contributed by atoms with van der Waals surface area (Å²) >= 11 is 3.50. The number of H-pyrrole nitrogens is 1. The molecule has 5 aromatic rings. The Morgan fingerprint density at radius 2 is 2.10 bits per heavy atom. The number of aromatic nitrogens is 4. The van der Waals surface area contributed by atoms with E-state index >= 15 is 0 Å². The van der Waals surface area contributed by atoms with Crippen molar-refractivity contribution in [2.24, 2.45) is 7.05 Å². The number of fused-ring (bicyclic) bond motifs is 3. The van der Waals surface area contributed by atoms with Gasteiger partial charge >= 0.3 is 0 Å². The minimum atomic E-state index is -0.414. The van der Waals surface area contributed by atoms with E-state index in [0.29, 0.717) is 24.4 Å². The average molecular weight is 476 g/mol. The van der Waals surface area contributed by atoms with Crippen molar-refractivity contribution >= 4 is 43.7 Å². The van der Waals surface area contributed by atoms with Crippen LogP contribution in [0, 0.1) is 0 Å². The third-order valence-electron chi connectivity index (χ3n) is 5.92. The zero-order chi connectivity index (χ0) is 21.1. The summed E-state index contributed by atoms with van der Waals surface area (Å²) in [6.07, 6.45) is 2.39. The molecule has 31 heavy (non-hydrogen) atoms. The molecule has 0 aliphatic carbocycles. The monoisotopic (exact) mass is 475 g/mol. The Bertz CT molecular complexity index is 1430. The highest BCUT2D eigenvalue weighted by molar-refractivity contribution is 9.10. The Morgan fingerprint density at radius 3 is 2.97 bits per heavy atom. The lowest BCUT2D eigenvalue weighted by Gasteiger charge is -2.33. The van der Waals surface area contributed by atoms with E-state index in [-0.39, 0.29) is 5.91 Å². The van der Waals surface area contributed by atoms with E-state index in [0.717, 1.165) is 37.7 Å². The number of carbonyl (C=O) groups is 1. The maximum atomic E-state index is 13.8. The molecule has 154 valence electrons. The number of rotatable bonds is 2. The normalized spacial score (nSPS) is 16.2. The number of imidazole rings is 1. The molecule has 0 saturated heterocycles. The Kier molecular flexibility index (Phi) is 4.04. The fraction of sp³-hybridized carbons (Fsp3) is 0.174. The van der Waals surface area contributed by atoms with Crippen LogP contribution in [0.4, 0.5) is 0 Å². The molecule has 0 bridgehead atoms. The van der Waals surface area contributed by atoms with E-state index in [1.165, 1.54) is 0 Å². The van der Waals surface area contributed by atoms with Gasteiger partial charge < -0.3 is 14.3 Å². The molecular weight excluding hydrogens is 458 g/mol. The molecule has 4 heterocycles. The van der Waals surface area contributed by atoms with E-state index < -0.39 is 6.04 Å². The number of furan rings is 1. The van der Waals surface area contributed by atoms with Crippen molar-refractivity contribution in [2.75, 3.05) is 6.54 Å². The number of para-hydroxylation sites is 1. The van der Waals surface area contributed by atoms with Crippen LogP contribution in [0.25, 0.3) is 21.9 Å². The van der Waals surface area contributed by atoms with Gasteiger partial charge in [-0.05, 0) is 30.3 Å². The van der Waals surface area contributed by atoms with Crippen molar-refractivity contribution in [1.29, 1.82) is 0 Å². The molecule has 8 heteroatoms. The van der Waals surface area contributed by atoms with Crippen molar-refractivity contribution in [3.05, 3.63) is 82.2 Å². The summed E-state index contributed by atoms with van der Waals surface area (Å²) in [6, 6.07) is 15.3. The molecule has 1 amide bonds. The maximum absolute atomic E-state index is 13.8. The van der Waals surface area contributed by atoms with Gasteiger partial charge in [0.05, 0.1) is 17.5 Å². The van der Waals surface area contributed by atoms with Crippen LogP contribution >= 0.6 is 15.9 Å². The predicted molar refractivity (Wildman–Crippen MR) is 120 cm³/mol. The van der Waals surface area contributed by atoms with Crippen molar-refractivity contribution in [3.63, 3.8) is 0 Å². The first-order chi connectivity index (χ1) is 15.1. The first-order valence-corrected chi connectivity index (χ1v) is 10.8. The summed E-state index contributed by atoms with van der Waals surface area (Å²) in [5.41, 5.74) is 3.98. The quantitative estimate of drug-likeness (QED) is 0.404. The first kappa shape index (κ1) is 18.4. The van der Waals surface area contributed by atoms with Gasteiger partial charge in [-0.2, -0.15) is 5.10 Å². The van der Waals surface area contributed by atoms with E-state index in [2.05, 4.69) is 31.0 Å². The largest absolute Gasteiger partial charge is 0.458 e. The van der Waals surface area contributed by atoms with Gasteiger partial charge in [-0.3, -0.25) is 9.48 Å². The number of carbonyl (C=O) groups excluding carboxylic acids is 1. The minimum Gasteiger partial charge on any atom is -0.458 e. The molecule has 0 spiro atoms. The average Bonchev–Trinajstić information content (AvgIpc) is 3.49. The second-order valence-corrected chi connectivity index (χ2v) is 8.65. The number of hydrogen-bond donors (Lipinski definition) is 1. The summed E-state index contributed by atoms with van der Waals surface area (Å²) in [6.45, 7) is 0.546. The highest BCUT2D eigenvalue weighted by atomic mass is 79.9. The number of benzene rings is 2. The summed E-state index contributed by atoms with van der Waals surface area (Å²) in [4.78, 5) is 23.4. The number of nitrogens with one attached hydrogen (secondary N) is 1. The molecule has 0 unspecified atom stereocenters. The molecular formula is C23H18BrN5O2. The number of amides is 1. The summed E-state index contributed by atoms with van der Waals surface area (Å²) in [7, 11) is 1.85. The van der Waals surface area contributed by atoms with Crippen molar-refractivity contribution in [1.82, 2.24) is 24.6 Å². The fourth-order valence-electron chi connectivity index (χ4n) is 4.45. The molecule has 1 N–H and O–H groups in total. The highest BCUT2D eigenvalue weighted by Crippen LogP contribution is 2.37. The molecule has 7 nitrogen and oxygen atoms in total. The van der Waals surface area contributed by atoms with Gasteiger partial charge in [0.25, 0.3) is 5.91 Å². The van der Waals surface area contributed by atoms with Crippen LogP contribution in [0.3, 0.4) is 0 Å². The summed E-state index contributed by atoms with van der Waals surface area (Å²) < 4.78 is 8.87. The molecule has 0 saturated carbocycles. The zero-order valence-electron chi connectivity index (χ0n) is 16.7. The van der Waals surface area contributed by atoms with Crippen molar-refractivity contribution < 1.29 is 9.21 Å². The summed E-state index contributed by atoms with van der Waals surface area (Å²) in [5, 5.41) is 6.39. The number of nitrogens with zero attached hydrogens (tertiary/aromatic N) is 4. The first-order valence-electron chi connectivity index (χ1n) is 10.0. The van der Waals surface area contributed by atoms with E-state index in [1.54, 1.807) is 11.0 Å². The van der Waals surface area contributed by atoms with E-state index in [9.17, 15) is 4.79 Å². The Balaban J connectivity index is 1.50. The lowest BCUT2D eigenvalue weighted by Crippen LogP contribution is -2.41. The van der Waals surface area contributed by atoms with Crippen LogP contribution in [0.2, 0.25) is 0 Å². The second-order valence-electron chi connectivity index (χ2n) is 7.74. The van der Waals surface area contributed by atoms with Gasteiger partial charge in [0, 0.05) is 41.0 Å². The molecule has 1 aliphatic heterocycles. The van der Waals surface area contributed by atoms with Crippen LogP contribution in [0.15, 0.2) is 63.7 Å². The van der Waals surface area contributed by atoms with Gasteiger partial charge in [0.1, 0.15) is 17.4 Å². The van der Waals surface area contributed by atoms with Crippen molar-refractivity contribution in [2.45, 2.75) is 12.5 Å². The third kappa shape index (κ3) is 2.82. The Hall–Kier alpha value is -3.39. The minimum absolute atomic E-state index is 0.132. The molecule has 1 atom stereocenters. The number of aryl methyl sites for hydroxylation is 1. The maximum Gasteiger partial charge on any atom is 0.275 e.